The van der Waals surface area contributed by atoms with E-state index in [4.69, 9.17) is 4.74 Å². The smallest absolute Gasteiger partial charge is 0.248 e. The number of carbonyl (C=O) groups excluding carboxylic acids is 1. The van der Waals surface area contributed by atoms with Crippen LogP contribution in [0, 0.1) is 0 Å². The van der Waals surface area contributed by atoms with Crippen molar-refractivity contribution in [2.75, 3.05) is 13.7 Å². The second kappa shape index (κ2) is 5.28. The summed E-state index contributed by atoms with van der Waals surface area (Å²) in [5, 5.41) is 8.29. The molecule has 19 heavy (non-hydrogen) atoms. The average molecular weight is 266 g/mol. The lowest BCUT2D eigenvalue weighted by molar-refractivity contribution is -0.140. The number of amides is 1. The molecule has 1 aliphatic rings. The van der Waals surface area contributed by atoms with Crippen molar-refractivity contribution in [1.29, 1.82) is 0 Å². The minimum Gasteiger partial charge on any atom is -0.366 e. The zero-order valence-electron chi connectivity index (χ0n) is 12.1. The molecule has 0 aliphatic carbocycles. The molecule has 0 N–H and O–H groups in total. The highest BCUT2D eigenvalue weighted by molar-refractivity contribution is 5.77. The maximum Gasteiger partial charge on any atom is 0.248 e. The number of aromatic nitrogens is 3. The molecule has 0 saturated heterocycles. The number of likely N-dealkylation sites (N-methyl/N-ethyl adjacent to an activating group) is 1. The summed E-state index contributed by atoms with van der Waals surface area (Å²) in [7, 11) is 1.77. The van der Waals surface area contributed by atoms with Gasteiger partial charge in [0.25, 0.3) is 0 Å². The molecule has 0 spiro atoms. The first-order valence-corrected chi connectivity index (χ1v) is 6.66. The molecule has 0 radical (unpaired) electrons. The molecule has 6 heteroatoms. The highest BCUT2D eigenvalue weighted by atomic mass is 16.5. The van der Waals surface area contributed by atoms with Crippen LogP contribution in [0.25, 0.3) is 0 Å². The molecular formula is C13H22N4O2. The number of hydrogen-bond acceptors (Lipinski definition) is 4. The van der Waals surface area contributed by atoms with E-state index >= 15 is 0 Å². The van der Waals surface area contributed by atoms with Crippen LogP contribution in [0.5, 0.6) is 0 Å². The van der Waals surface area contributed by atoms with Crippen LogP contribution in [0.4, 0.5) is 0 Å². The van der Waals surface area contributed by atoms with E-state index in [-0.39, 0.29) is 18.1 Å². The first-order valence-electron chi connectivity index (χ1n) is 6.66. The van der Waals surface area contributed by atoms with Crippen LogP contribution in [0.15, 0.2) is 0 Å². The SMILES string of the molecule is CN(Cc1nnc2n1CCC2)C(=O)COC(C)(C)C. The molecule has 0 atom stereocenters. The molecule has 0 saturated carbocycles. The van der Waals surface area contributed by atoms with Gasteiger partial charge >= 0.3 is 0 Å². The molecule has 0 fully saturated rings. The summed E-state index contributed by atoms with van der Waals surface area (Å²) >= 11 is 0. The average Bonchev–Trinajstić information content (AvgIpc) is 2.89. The Balaban J connectivity index is 1.90. The fourth-order valence-electron chi connectivity index (χ4n) is 2.02. The molecule has 106 valence electrons. The van der Waals surface area contributed by atoms with Gasteiger partial charge in [0.1, 0.15) is 12.4 Å². The second-order valence-corrected chi connectivity index (χ2v) is 5.94. The summed E-state index contributed by atoms with van der Waals surface area (Å²) in [4.78, 5) is 13.6. The first-order chi connectivity index (χ1) is 8.87. The lowest BCUT2D eigenvalue weighted by Gasteiger charge is -2.22. The molecule has 1 aromatic rings. The van der Waals surface area contributed by atoms with E-state index in [2.05, 4.69) is 14.8 Å². The maximum atomic E-state index is 12.0. The van der Waals surface area contributed by atoms with E-state index < -0.39 is 0 Å². The summed E-state index contributed by atoms with van der Waals surface area (Å²) in [6.07, 6.45) is 2.10. The normalized spacial score (nSPS) is 14.5. The summed E-state index contributed by atoms with van der Waals surface area (Å²) in [5.41, 5.74) is -0.299. The lowest BCUT2D eigenvalue weighted by atomic mass is 10.2. The number of fused-ring (bicyclic) bond motifs is 1. The zero-order valence-corrected chi connectivity index (χ0v) is 12.1. The van der Waals surface area contributed by atoms with Gasteiger partial charge in [-0.2, -0.15) is 0 Å². The Morgan fingerprint density at radius 2 is 2.16 bits per heavy atom. The molecule has 2 heterocycles. The van der Waals surface area contributed by atoms with Gasteiger partial charge < -0.3 is 14.2 Å². The van der Waals surface area contributed by atoms with Gasteiger partial charge in [-0.25, -0.2) is 0 Å². The minimum atomic E-state index is -0.299. The summed E-state index contributed by atoms with van der Waals surface area (Å²) < 4.78 is 7.60. The van der Waals surface area contributed by atoms with Gasteiger partial charge in [0.2, 0.25) is 5.91 Å². The molecule has 1 aliphatic heterocycles. The van der Waals surface area contributed by atoms with Crippen molar-refractivity contribution in [2.45, 2.75) is 52.3 Å². The van der Waals surface area contributed by atoms with Crippen molar-refractivity contribution in [3.05, 3.63) is 11.6 Å². The quantitative estimate of drug-likeness (QED) is 0.815. The third kappa shape index (κ3) is 3.53. The van der Waals surface area contributed by atoms with Crippen LogP contribution in [-0.4, -0.2) is 44.8 Å². The molecule has 6 nitrogen and oxygen atoms in total. The maximum absolute atomic E-state index is 12.0. The number of carbonyl (C=O) groups is 1. The molecule has 0 bridgehead atoms. The van der Waals surface area contributed by atoms with Gasteiger partial charge in [0.05, 0.1) is 12.1 Å². The monoisotopic (exact) mass is 266 g/mol. The molecule has 0 aromatic carbocycles. The summed E-state index contributed by atoms with van der Waals surface area (Å²) in [5.74, 6) is 1.85. The van der Waals surface area contributed by atoms with E-state index in [1.807, 2.05) is 20.8 Å². The highest BCUT2D eigenvalue weighted by Crippen LogP contribution is 2.15. The Labute approximate surface area is 113 Å². The van der Waals surface area contributed by atoms with Crippen molar-refractivity contribution in [3.63, 3.8) is 0 Å². The molecular weight excluding hydrogens is 244 g/mol. The number of hydrogen-bond donors (Lipinski definition) is 0. The first kappa shape index (κ1) is 14.0. The van der Waals surface area contributed by atoms with Crippen molar-refractivity contribution in [1.82, 2.24) is 19.7 Å². The topological polar surface area (TPSA) is 60.2 Å². The van der Waals surface area contributed by atoms with Gasteiger partial charge in [-0.3, -0.25) is 4.79 Å². The number of rotatable bonds is 4. The standard InChI is InChI=1S/C13H22N4O2/c1-13(2,3)19-9-12(18)16(4)8-11-15-14-10-6-5-7-17(10)11/h5-9H2,1-4H3. The number of nitrogens with zero attached hydrogens (tertiary/aromatic N) is 4. The van der Waals surface area contributed by atoms with E-state index in [0.29, 0.717) is 6.54 Å². The molecule has 2 rings (SSSR count). The van der Waals surface area contributed by atoms with Gasteiger partial charge in [-0.15, -0.1) is 10.2 Å². The van der Waals surface area contributed by atoms with E-state index in [1.165, 1.54) is 0 Å². The Bertz CT molecular complexity index is 462. The van der Waals surface area contributed by atoms with Gasteiger partial charge in [-0.05, 0) is 27.2 Å². The van der Waals surface area contributed by atoms with Gasteiger partial charge in [-0.1, -0.05) is 0 Å². The Kier molecular flexibility index (Phi) is 3.89. The van der Waals surface area contributed by atoms with E-state index in [1.54, 1.807) is 11.9 Å². The van der Waals surface area contributed by atoms with Crippen molar-refractivity contribution >= 4 is 5.91 Å². The number of aryl methyl sites for hydroxylation is 1. The van der Waals surface area contributed by atoms with Gasteiger partial charge in [0, 0.05) is 20.0 Å². The molecule has 0 unspecified atom stereocenters. The minimum absolute atomic E-state index is 0.0368. The highest BCUT2D eigenvalue weighted by Gasteiger charge is 2.21. The zero-order chi connectivity index (χ0) is 14.0. The Hall–Kier alpha value is -1.43. The predicted octanol–water partition coefficient (Wildman–Crippen LogP) is 0.998. The Morgan fingerprint density at radius 1 is 1.42 bits per heavy atom. The fourth-order valence-corrected chi connectivity index (χ4v) is 2.02. The van der Waals surface area contributed by atoms with Crippen LogP contribution >= 0.6 is 0 Å². The molecule has 1 aromatic heterocycles. The van der Waals surface area contributed by atoms with Crippen molar-refractivity contribution < 1.29 is 9.53 Å². The Morgan fingerprint density at radius 3 is 2.84 bits per heavy atom. The molecule has 1 amide bonds. The second-order valence-electron chi connectivity index (χ2n) is 5.94. The fraction of sp³-hybridized carbons (Fsp3) is 0.769. The van der Waals surface area contributed by atoms with Crippen LogP contribution < -0.4 is 0 Å². The van der Waals surface area contributed by atoms with Crippen LogP contribution in [0.1, 0.15) is 38.8 Å². The van der Waals surface area contributed by atoms with Gasteiger partial charge in [0.15, 0.2) is 5.82 Å². The van der Waals surface area contributed by atoms with Crippen LogP contribution in [0.3, 0.4) is 0 Å². The largest absolute Gasteiger partial charge is 0.366 e. The number of ether oxygens (including phenoxy) is 1. The summed E-state index contributed by atoms with van der Waals surface area (Å²) in [6, 6.07) is 0. The van der Waals surface area contributed by atoms with E-state index in [9.17, 15) is 4.79 Å². The van der Waals surface area contributed by atoms with Crippen molar-refractivity contribution in [2.24, 2.45) is 0 Å². The third-order valence-corrected chi connectivity index (χ3v) is 3.12. The van der Waals surface area contributed by atoms with Crippen molar-refractivity contribution in [3.8, 4) is 0 Å². The lowest BCUT2D eigenvalue weighted by Crippen LogP contribution is -2.34. The summed E-state index contributed by atoms with van der Waals surface area (Å²) in [6.45, 7) is 7.35. The third-order valence-electron chi connectivity index (χ3n) is 3.12. The van der Waals surface area contributed by atoms with Crippen LogP contribution in [0.2, 0.25) is 0 Å². The van der Waals surface area contributed by atoms with Crippen LogP contribution in [-0.2, 0) is 29.0 Å². The van der Waals surface area contributed by atoms with E-state index in [0.717, 1.165) is 31.0 Å². The predicted molar refractivity (Wildman–Crippen MR) is 70.5 cm³/mol.